The summed E-state index contributed by atoms with van der Waals surface area (Å²) >= 11 is 3.38. The Kier molecular flexibility index (Phi) is 4.19. The second-order valence-electron chi connectivity index (χ2n) is 3.59. The Morgan fingerprint density at radius 1 is 1.38 bits per heavy atom. The van der Waals surface area contributed by atoms with E-state index in [-0.39, 0.29) is 5.75 Å². The van der Waals surface area contributed by atoms with Gasteiger partial charge in [-0.15, -0.1) is 0 Å². The minimum Gasteiger partial charge on any atom is -0.299 e. The molecule has 0 unspecified atom stereocenters. The van der Waals surface area contributed by atoms with Crippen LogP contribution in [-0.4, -0.2) is 49.8 Å². The van der Waals surface area contributed by atoms with Crippen molar-refractivity contribution in [3.63, 3.8) is 0 Å². The van der Waals surface area contributed by atoms with E-state index in [1.54, 1.807) is 0 Å². The van der Waals surface area contributed by atoms with Gasteiger partial charge in [-0.3, -0.25) is 4.90 Å². The third-order valence-corrected chi connectivity index (χ3v) is 3.46. The van der Waals surface area contributed by atoms with Crippen LogP contribution in [0.25, 0.3) is 0 Å². The molecular weight excluding hydrogens is 254 g/mol. The molecule has 0 amide bonds. The van der Waals surface area contributed by atoms with Gasteiger partial charge in [0.2, 0.25) is 0 Å². The molecule has 1 saturated carbocycles. The molecule has 1 rings (SSSR count). The predicted molar refractivity (Wildman–Crippen MR) is 58.1 cm³/mol. The second-order valence-corrected chi connectivity index (χ2v) is 6.64. The van der Waals surface area contributed by atoms with Crippen molar-refractivity contribution in [2.75, 3.05) is 30.4 Å². The Morgan fingerprint density at radius 2 is 2.00 bits per heavy atom. The highest BCUT2D eigenvalue weighted by atomic mass is 79.9. The molecular formula is C8H16BrNO2S. The van der Waals surface area contributed by atoms with Crippen LogP contribution in [0.2, 0.25) is 0 Å². The van der Waals surface area contributed by atoms with E-state index in [1.807, 2.05) is 0 Å². The van der Waals surface area contributed by atoms with Crippen molar-refractivity contribution in [2.24, 2.45) is 0 Å². The van der Waals surface area contributed by atoms with Crippen LogP contribution >= 0.6 is 15.9 Å². The Hall–Kier alpha value is 0.390. The van der Waals surface area contributed by atoms with Crippen molar-refractivity contribution in [2.45, 2.75) is 18.9 Å². The highest BCUT2D eigenvalue weighted by molar-refractivity contribution is 9.09. The highest BCUT2D eigenvalue weighted by Gasteiger charge is 2.28. The number of nitrogens with zero attached hydrogens (tertiary/aromatic N) is 1. The van der Waals surface area contributed by atoms with E-state index < -0.39 is 9.84 Å². The van der Waals surface area contributed by atoms with E-state index in [2.05, 4.69) is 20.8 Å². The number of sulfone groups is 1. The normalized spacial score (nSPS) is 18.1. The van der Waals surface area contributed by atoms with E-state index in [9.17, 15) is 8.42 Å². The average molecular weight is 270 g/mol. The fourth-order valence-corrected chi connectivity index (χ4v) is 2.33. The molecule has 3 nitrogen and oxygen atoms in total. The van der Waals surface area contributed by atoms with Gasteiger partial charge < -0.3 is 0 Å². The molecule has 0 aliphatic heterocycles. The van der Waals surface area contributed by atoms with Crippen LogP contribution in [0, 0.1) is 0 Å². The van der Waals surface area contributed by atoms with Gasteiger partial charge in [-0.25, -0.2) is 8.42 Å². The maximum atomic E-state index is 10.9. The van der Waals surface area contributed by atoms with Crippen molar-refractivity contribution in [1.82, 2.24) is 4.90 Å². The van der Waals surface area contributed by atoms with Gasteiger partial charge in [-0.2, -0.15) is 0 Å². The minimum absolute atomic E-state index is 0.288. The summed E-state index contributed by atoms with van der Waals surface area (Å²) in [5, 5.41) is 0.924. The van der Waals surface area contributed by atoms with Crippen LogP contribution in [0.4, 0.5) is 0 Å². The van der Waals surface area contributed by atoms with Crippen molar-refractivity contribution in [3.05, 3.63) is 0 Å². The standard InChI is InChI=1S/C8H16BrNO2S/c1-13(11,12)7-6-10(5-4-9)8-2-3-8/h8H,2-7H2,1H3. The van der Waals surface area contributed by atoms with E-state index >= 15 is 0 Å². The molecule has 13 heavy (non-hydrogen) atoms. The third kappa shape index (κ3) is 4.98. The zero-order chi connectivity index (χ0) is 9.90. The lowest BCUT2D eigenvalue weighted by Gasteiger charge is -2.19. The lowest BCUT2D eigenvalue weighted by atomic mass is 10.5. The molecule has 0 saturated heterocycles. The van der Waals surface area contributed by atoms with Gasteiger partial charge >= 0.3 is 0 Å². The monoisotopic (exact) mass is 269 g/mol. The first-order valence-electron chi connectivity index (χ1n) is 4.50. The molecule has 0 aromatic carbocycles. The fraction of sp³-hybridized carbons (Fsp3) is 1.00. The molecule has 0 spiro atoms. The number of hydrogen-bond acceptors (Lipinski definition) is 3. The molecule has 0 aromatic rings. The Bertz CT molecular complexity index is 249. The highest BCUT2D eigenvalue weighted by Crippen LogP contribution is 2.26. The molecule has 1 aliphatic rings. The lowest BCUT2D eigenvalue weighted by Crippen LogP contribution is -2.32. The molecule has 0 heterocycles. The predicted octanol–water partition coefficient (Wildman–Crippen LogP) is 0.890. The minimum atomic E-state index is -2.80. The Balaban J connectivity index is 2.30. The lowest BCUT2D eigenvalue weighted by molar-refractivity contribution is 0.297. The van der Waals surface area contributed by atoms with Crippen molar-refractivity contribution in [1.29, 1.82) is 0 Å². The summed E-state index contributed by atoms with van der Waals surface area (Å²) in [6, 6.07) is 0.652. The molecule has 0 N–H and O–H groups in total. The molecule has 0 atom stereocenters. The molecule has 1 aliphatic carbocycles. The quantitative estimate of drug-likeness (QED) is 0.673. The fourth-order valence-electron chi connectivity index (χ4n) is 1.31. The molecule has 0 bridgehead atoms. The van der Waals surface area contributed by atoms with Gasteiger partial charge in [-0.05, 0) is 12.8 Å². The summed E-state index contributed by atoms with van der Waals surface area (Å²) in [4.78, 5) is 2.26. The second kappa shape index (κ2) is 4.75. The van der Waals surface area contributed by atoms with E-state index in [0.717, 1.165) is 11.9 Å². The maximum Gasteiger partial charge on any atom is 0.148 e. The molecule has 78 valence electrons. The number of alkyl halides is 1. The maximum absolute atomic E-state index is 10.9. The van der Waals surface area contributed by atoms with Crippen LogP contribution < -0.4 is 0 Å². The first-order valence-corrected chi connectivity index (χ1v) is 7.69. The third-order valence-electron chi connectivity index (χ3n) is 2.18. The average Bonchev–Trinajstić information content (AvgIpc) is 2.78. The summed E-state index contributed by atoms with van der Waals surface area (Å²) in [6.07, 6.45) is 3.76. The summed E-state index contributed by atoms with van der Waals surface area (Å²) in [7, 11) is -2.80. The zero-order valence-electron chi connectivity index (χ0n) is 7.87. The van der Waals surface area contributed by atoms with Crippen molar-refractivity contribution in [3.8, 4) is 0 Å². The van der Waals surface area contributed by atoms with E-state index in [1.165, 1.54) is 19.1 Å². The SMILES string of the molecule is CS(=O)(=O)CCN(CCBr)C1CC1. The molecule has 5 heteroatoms. The van der Waals surface area contributed by atoms with Crippen LogP contribution in [0.3, 0.4) is 0 Å². The van der Waals surface area contributed by atoms with Gasteiger partial charge in [0.05, 0.1) is 5.75 Å². The smallest absolute Gasteiger partial charge is 0.148 e. The van der Waals surface area contributed by atoms with Crippen molar-refractivity contribution >= 4 is 25.8 Å². The van der Waals surface area contributed by atoms with Gasteiger partial charge in [0.1, 0.15) is 9.84 Å². The number of rotatable bonds is 6. The summed E-state index contributed by atoms with van der Waals surface area (Å²) in [5.74, 6) is 0.288. The van der Waals surface area contributed by atoms with Gasteiger partial charge in [-0.1, -0.05) is 15.9 Å². The van der Waals surface area contributed by atoms with Crippen LogP contribution in [0.1, 0.15) is 12.8 Å². The van der Waals surface area contributed by atoms with Crippen LogP contribution in [-0.2, 0) is 9.84 Å². The van der Waals surface area contributed by atoms with Crippen LogP contribution in [0.5, 0.6) is 0 Å². The zero-order valence-corrected chi connectivity index (χ0v) is 10.3. The first-order chi connectivity index (χ1) is 6.03. The Morgan fingerprint density at radius 3 is 2.38 bits per heavy atom. The van der Waals surface area contributed by atoms with Gasteiger partial charge in [0, 0.05) is 30.7 Å². The molecule has 1 fully saturated rings. The van der Waals surface area contributed by atoms with Crippen LogP contribution in [0.15, 0.2) is 0 Å². The topological polar surface area (TPSA) is 37.4 Å². The Labute approximate surface area is 88.5 Å². The van der Waals surface area contributed by atoms with Gasteiger partial charge in [0.25, 0.3) is 0 Å². The summed E-state index contributed by atoms with van der Waals surface area (Å²) in [5.41, 5.74) is 0. The summed E-state index contributed by atoms with van der Waals surface area (Å²) < 4.78 is 21.9. The molecule has 0 radical (unpaired) electrons. The number of halogens is 1. The van der Waals surface area contributed by atoms with Gasteiger partial charge in [0.15, 0.2) is 0 Å². The molecule has 0 aromatic heterocycles. The van der Waals surface area contributed by atoms with E-state index in [4.69, 9.17) is 0 Å². The summed E-state index contributed by atoms with van der Waals surface area (Å²) in [6.45, 7) is 1.65. The largest absolute Gasteiger partial charge is 0.299 e. The first kappa shape index (κ1) is 11.5. The van der Waals surface area contributed by atoms with Crippen molar-refractivity contribution < 1.29 is 8.42 Å². The number of hydrogen-bond donors (Lipinski definition) is 0. The van der Waals surface area contributed by atoms with E-state index in [0.29, 0.717) is 12.6 Å².